The van der Waals surface area contributed by atoms with Crippen molar-refractivity contribution < 1.29 is 19.0 Å². The smallest absolute Gasteiger partial charge is 0.255 e. The second kappa shape index (κ2) is 10.5. The number of ether oxygens (including phenoxy) is 3. The van der Waals surface area contributed by atoms with E-state index in [1.807, 2.05) is 36.4 Å². The van der Waals surface area contributed by atoms with Gasteiger partial charge in [-0.1, -0.05) is 30.4 Å². The molecule has 3 aromatic rings. The van der Waals surface area contributed by atoms with Crippen molar-refractivity contribution in [3.05, 3.63) is 84.1 Å². The first-order chi connectivity index (χ1) is 17.1. The topological polar surface area (TPSA) is 60.9 Å². The Morgan fingerprint density at radius 3 is 2.26 bits per heavy atom. The predicted octanol–water partition coefficient (Wildman–Crippen LogP) is 5.56. The standard InChI is InChI=1S/C29H30N2O4/c1-6-14-31(15-7-2)29(32)26-21-10-8-9-11-23(21)30-27-20(12-13-22(26)27)16-19-17-24(33-3)28(35-5)25(18-19)34-4/h6-11,16-18H,1-2,12-15H2,3-5H3/b20-16-. The van der Waals surface area contributed by atoms with Gasteiger partial charge in [-0.15, -0.1) is 13.2 Å². The van der Waals surface area contributed by atoms with Gasteiger partial charge in [0.1, 0.15) is 0 Å². The first-order valence-electron chi connectivity index (χ1n) is 11.5. The SMILES string of the molecule is C=CCN(CC=C)C(=O)c1c2c(nc3ccccc13)/C(=C\c1cc(OC)c(OC)c(OC)c1)CC2. The number of para-hydroxylation sites is 1. The van der Waals surface area contributed by atoms with Crippen LogP contribution in [0.15, 0.2) is 61.7 Å². The number of aromatic nitrogens is 1. The number of carbonyl (C=O) groups is 1. The summed E-state index contributed by atoms with van der Waals surface area (Å²) in [5.74, 6) is 1.69. The number of amides is 1. The van der Waals surface area contributed by atoms with E-state index in [0.717, 1.165) is 46.1 Å². The van der Waals surface area contributed by atoms with Crippen LogP contribution in [0.1, 0.15) is 33.6 Å². The molecule has 0 saturated heterocycles. The Balaban J connectivity index is 1.88. The first-order valence-corrected chi connectivity index (χ1v) is 11.5. The average molecular weight is 471 g/mol. The molecule has 180 valence electrons. The molecule has 0 unspecified atom stereocenters. The highest BCUT2D eigenvalue weighted by Gasteiger charge is 2.29. The van der Waals surface area contributed by atoms with Crippen molar-refractivity contribution in [3.8, 4) is 17.2 Å². The Hall–Kier alpha value is -4.06. The number of fused-ring (bicyclic) bond motifs is 2. The zero-order chi connectivity index (χ0) is 24.9. The molecule has 1 amide bonds. The number of rotatable bonds is 9. The molecular formula is C29H30N2O4. The number of carbonyl (C=O) groups excluding carboxylic acids is 1. The van der Waals surface area contributed by atoms with Crippen molar-refractivity contribution in [1.29, 1.82) is 0 Å². The summed E-state index contributed by atoms with van der Waals surface area (Å²) in [7, 11) is 4.78. The molecule has 6 nitrogen and oxygen atoms in total. The third kappa shape index (κ3) is 4.52. The third-order valence-corrected chi connectivity index (χ3v) is 6.17. The predicted molar refractivity (Wildman–Crippen MR) is 140 cm³/mol. The molecule has 0 radical (unpaired) electrons. The molecule has 0 aliphatic heterocycles. The minimum absolute atomic E-state index is 0.0336. The van der Waals surface area contributed by atoms with E-state index in [0.29, 0.717) is 35.9 Å². The number of nitrogens with zero attached hydrogens (tertiary/aromatic N) is 2. The highest BCUT2D eigenvalue weighted by atomic mass is 16.5. The summed E-state index contributed by atoms with van der Waals surface area (Å²) in [6, 6.07) is 11.6. The summed E-state index contributed by atoms with van der Waals surface area (Å²) in [6.45, 7) is 8.53. The molecule has 1 aromatic heterocycles. The molecule has 1 aliphatic rings. The fourth-order valence-electron chi connectivity index (χ4n) is 4.62. The third-order valence-electron chi connectivity index (χ3n) is 6.17. The molecule has 0 saturated carbocycles. The largest absolute Gasteiger partial charge is 0.493 e. The van der Waals surface area contributed by atoms with Gasteiger partial charge in [0.25, 0.3) is 5.91 Å². The lowest BCUT2D eigenvalue weighted by atomic mass is 9.99. The number of hydrogen-bond acceptors (Lipinski definition) is 5. The summed E-state index contributed by atoms with van der Waals surface area (Å²) in [6.07, 6.45) is 7.07. The fourth-order valence-corrected chi connectivity index (χ4v) is 4.62. The van der Waals surface area contributed by atoms with Crippen LogP contribution in [-0.4, -0.2) is 50.2 Å². The Bertz CT molecular complexity index is 1290. The summed E-state index contributed by atoms with van der Waals surface area (Å²) in [4.78, 5) is 20.5. The van der Waals surface area contributed by atoms with E-state index < -0.39 is 0 Å². The molecule has 0 atom stereocenters. The summed E-state index contributed by atoms with van der Waals surface area (Å²) in [5, 5.41) is 0.864. The highest BCUT2D eigenvalue weighted by molar-refractivity contribution is 6.09. The van der Waals surface area contributed by atoms with Crippen LogP contribution in [-0.2, 0) is 6.42 Å². The summed E-state index contributed by atoms with van der Waals surface area (Å²) in [5.41, 5.74) is 5.31. The van der Waals surface area contributed by atoms with Gasteiger partial charge in [0.2, 0.25) is 5.75 Å². The molecule has 35 heavy (non-hydrogen) atoms. The van der Waals surface area contributed by atoms with Crippen LogP contribution >= 0.6 is 0 Å². The van der Waals surface area contributed by atoms with Crippen molar-refractivity contribution >= 4 is 28.5 Å². The van der Waals surface area contributed by atoms with Crippen LogP contribution in [0.3, 0.4) is 0 Å². The quantitative estimate of drug-likeness (QED) is 0.383. The normalized spacial score (nSPS) is 13.4. The Labute approximate surface area is 206 Å². The zero-order valence-electron chi connectivity index (χ0n) is 20.5. The average Bonchev–Trinajstić information content (AvgIpc) is 3.27. The fraction of sp³-hybridized carbons (Fsp3) is 0.241. The molecule has 2 aromatic carbocycles. The highest BCUT2D eigenvalue weighted by Crippen LogP contribution is 2.41. The van der Waals surface area contributed by atoms with E-state index in [9.17, 15) is 4.79 Å². The van der Waals surface area contributed by atoms with Gasteiger partial charge in [0, 0.05) is 18.5 Å². The van der Waals surface area contributed by atoms with Gasteiger partial charge in [-0.05, 0) is 53.8 Å². The summed E-state index contributed by atoms with van der Waals surface area (Å²) < 4.78 is 16.5. The number of allylic oxidation sites excluding steroid dienone is 1. The van der Waals surface area contributed by atoms with Crippen LogP contribution in [0, 0.1) is 0 Å². The lowest BCUT2D eigenvalue weighted by Crippen LogP contribution is -2.32. The molecule has 1 aliphatic carbocycles. The van der Waals surface area contributed by atoms with Crippen LogP contribution < -0.4 is 14.2 Å². The van der Waals surface area contributed by atoms with E-state index in [4.69, 9.17) is 19.2 Å². The van der Waals surface area contributed by atoms with E-state index in [2.05, 4.69) is 19.2 Å². The molecule has 4 rings (SSSR count). The van der Waals surface area contributed by atoms with E-state index in [1.54, 1.807) is 38.4 Å². The van der Waals surface area contributed by atoms with E-state index in [-0.39, 0.29) is 5.91 Å². The minimum Gasteiger partial charge on any atom is -0.493 e. The minimum atomic E-state index is -0.0336. The Morgan fingerprint density at radius 2 is 1.66 bits per heavy atom. The molecule has 0 N–H and O–H groups in total. The van der Waals surface area contributed by atoms with Gasteiger partial charge in [0.15, 0.2) is 11.5 Å². The van der Waals surface area contributed by atoms with Gasteiger partial charge in [0.05, 0.1) is 38.1 Å². The maximum Gasteiger partial charge on any atom is 0.255 e. The second-order valence-electron chi connectivity index (χ2n) is 8.25. The lowest BCUT2D eigenvalue weighted by Gasteiger charge is -2.22. The molecule has 0 fully saturated rings. The Morgan fingerprint density at radius 1 is 1.00 bits per heavy atom. The molecule has 0 bridgehead atoms. The second-order valence-corrected chi connectivity index (χ2v) is 8.25. The molecular weight excluding hydrogens is 440 g/mol. The van der Waals surface area contributed by atoms with Crippen molar-refractivity contribution in [2.75, 3.05) is 34.4 Å². The Kier molecular flexibility index (Phi) is 7.20. The summed E-state index contributed by atoms with van der Waals surface area (Å²) >= 11 is 0. The van der Waals surface area contributed by atoms with Gasteiger partial charge < -0.3 is 19.1 Å². The van der Waals surface area contributed by atoms with Crippen LogP contribution in [0.2, 0.25) is 0 Å². The van der Waals surface area contributed by atoms with Gasteiger partial charge >= 0.3 is 0 Å². The monoisotopic (exact) mass is 470 g/mol. The van der Waals surface area contributed by atoms with Crippen molar-refractivity contribution in [2.45, 2.75) is 12.8 Å². The van der Waals surface area contributed by atoms with Gasteiger partial charge in [-0.2, -0.15) is 0 Å². The maximum absolute atomic E-state index is 13.7. The first kappa shape index (κ1) is 24.1. The van der Waals surface area contributed by atoms with Crippen molar-refractivity contribution in [3.63, 3.8) is 0 Å². The lowest BCUT2D eigenvalue weighted by molar-refractivity contribution is 0.0791. The van der Waals surface area contributed by atoms with Crippen molar-refractivity contribution in [1.82, 2.24) is 9.88 Å². The molecule has 6 heteroatoms. The van der Waals surface area contributed by atoms with E-state index >= 15 is 0 Å². The number of hydrogen-bond donors (Lipinski definition) is 0. The van der Waals surface area contributed by atoms with Crippen LogP contribution in [0.4, 0.5) is 0 Å². The van der Waals surface area contributed by atoms with Gasteiger partial charge in [-0.25, -0.2) is 4.98 Å². The number of benzene rings is 2. The molecule has 1 heterocycles. The number of methoxy groups -OCH3 is 3. The van der Waals surface area contributed by atoms with Gasteiger partial charge in [-0.3, -0.25) is 4.79 Å². The van der Waals surface area contributed by atoms with Crippen LogP contribution in [0.5, 0.6) is 17.2 Å². The zero-order valence-corrected chi connectivity index (χ0v) is 20.5. The number of pyridine rings is 1. The molecule has 0 spiro atoms. The van der Waals surface area contributed by atoms with Crippen LogP contribution in [0.25, 0.3) is 22.6 Å². The maximum atomic E-state index is 13.7. The van der Waals surface area contributed by atoms with E-state index in [1.165, 1.54) is 0 Å². The van der Waals surface area contributed by atoms with Crippen molar-refractivity contribution in [2.24, 2.45) is 0 Å².